The highest BCUT2D eigenvalue weighted by Crippen LogP contribution is 2.44. The lowest BCUT2D eigenvalue weighted by Crippen LogP contribution is -2.37. The van der Waals surface area contributed by atoms with Crippen molar-refractivity contribution in [2.24, 2.45) is 0 Å². The Bertz CT molecular complexity index is 525. The monoisotopic (exact) mass is 258 g/mol. The first-order valence-corrected chi connectivity index (χ1v) is 6.82. The Balaban J connectivity index is 2.06. The molecule has 0 aromatic heterocycles. The summed E-state index contributed by atoms with van der Waals surface area (Å²) >= 11 is 0. The molecule has 0 radical (unpaired) electrons. The van der Waals surface area contributed by atoms with Crippen molar-refractivity contribution in [3.8, 4) is 11.5 Å². The summed E-state index contributed by atoms with van der Waals surface area (Å²) in [5, 5.41) is 0. The molecule has 1 aliphatic heterocycles. The van der Waals surface area contributed by atoms with Crippen LogP contribution in [0.5, 0.6) is 11.5 Å². The number of ether oxygens (including phenoxy) is 2. The average molecular weight is 258 g/mol. The zero-order chi connectivity index (χ0) is 13.3. The molecule has 0 bridgehead atoms. The predicted molar refractivity (Wildman–Crippen MR) is 73.9 cm³/mol. The zero-order valence-corrected chi connectivity index (χ0v) is 11.1. The number of carbonyl (C=O) groups excluding carboxylic acids is 1. The minimum Gasteiger partial charge on any atom is -0.493 e. The number of hydrogen-bond donors (Lipinski definition) is 0. The lowest BCUT2D eigenvalue weighted by atomic mass is 9.82. The molecule has 3 heteroatoms. The minimum absolute atomic E-state index is 0.194. The topological polar surface area (TPSA) is 35.5 Å². The van der Waals surface area contributed by atoms with Crippen LogP contribution < -0.4 is 9.47 Å². The first-order valence-electron chi connectivity index (χ1n) is 6.82. The summed E-state index contributed by atoms with van der Waals surface area (Å²) in [7, 11) is 1.63. The van der Waals surface area contributed by atoms with Crippen molar-refractivity contribution in [2.45, 2.75) is 37.7 Å². The fourth-order valence-electron chi connectivity index (χ4n) is 3.03. The summed E-state index contributed by atoms with van der Waals surface area (Å²) in [6.07, 6.45) is 10.7. The zero-order valence-electron chi connectivity index (χ0n) is 11.1. The van der Waals surface area contributed by atoms with E-state index in [2.05, 4.69) is 6.08 Å². The van der Waals surface area contributed by atoms with E-state index < -0.39 is 0 Å². The van der Waals surface area contributed by atoms with E-state index in [0.717, 1.165) is 30.4 Å². The Kier molecular flexibility index (Phi) is 3.05. The second-order valence-electron chi connectivity index (χ2n) is 5.28. The van der Waals surface area contributed by atoms with E-state index in [4.69, 9.17) is 9.47 Å². The molecule has 1 aliphatic carbocycles. The van der Waals surface area contributed by atoms with Crippen molar-refractivity contribution < 1.29 is 14.3 Å². The SMILES string of the molecule is COc1ccc(C=O)c2c1OC1(C=C2)CCCCC1. The van der Waals surface area contributed by atoms with Crippen molar-refractivity contribution in [3.05, 3.63) is 29.3 Å². The van der Waals surface area contributed by atoms with Gasteiger partial charge in [-0.1, -0.05) is 12.5 Å². The second-order valence-corrected chi connectivity index (χ2v) is 5.28. The van der Waals surface area contributed by atoms with Gasteiger partial charge in [0, 0.05) is 11.1 Å². The fraction of sp³-hybridized carbons (Fsp3) is 0.438. The number of rotatable bonds is 2. The molecular weight excluding hydrogens is 240 g/mol. The quantitative estimate of drug-likeness (QED) is 0.760. The third-order valence-electron chi connectivity index (χ3n) is 4.10. The highest BCUT2D eigenvalue weighted by molar-refractivity contribution is 5.86. The van der Waals surface area contributed by atoms with E-state index in [-0.39, 0.29) is 5.60 Å². The lowest BCUT2D eigenvalue weighted by molar-refractivity contribution is 0.0717. The minimum atomic E-state index is -0.194. The van der Waals surface area contributed by atoms with E-state index >= 15 is 0 Å². The lowest BCUT2D eigenvalue weighted by Gasteiger charge is -2.38. The van der Waals surface area contributed by atoms with Crippen molar-refractivity contribution >= 4 is 12.4 Å². The van der Waals surface area contributed by atoms with Crippen LogP contribution >= 0.6 is 0 Å². The van der Waals surface area contributed by atoms with Gasteiger partial charge in [0.1, 0.15) is 5.60 Å². The van der Waals surface area contributed by atoms with Crippen LogP contribution in [0.25, 0.3) is 6.08 Å². The third kappa shape index (κ3) is 2.03. The molecule has 3 nitrogen and oxygen atoms in total. The molecular formula is C16H18O3. The Morgan fingerprint density at radius 2 is 2.05 bits per heavy atom. The van der Waals surface area contributed by atoms with Gasteiger partial charge in [0.25, 0.3) is 0 Å². The fourth-order valence-corrected chi connectivity index (χ4v) is 3.03. The standard InChI is InChI=1S/C16H18O3/c1-18-14-6-5-12(11-17)13-7-10-16(19-15(13)14)8-3-2-4-9-16/h5-7,10-11H,2-4,8-9H2,1H3. The Morgan fingerprint density at radius 1 is 1.26 bits per heavy atom. The first kappa shape index (κ1) is 12.3. The van der Waals surface area contributed by atoms with Crippen LogP contribution in [0.2, 0.25) is 0 Å². The molecule has 1 aromatic carbocycles. The van der Waals surface area contributed by atoms with Gasteiger partial charge in [0.2, 0.25) is 0 Å². The molecule has 0 atom stereocenters. The molecule has 0 saturated heterocycles. The van der Waals surface area contributed by atoms with Gasteiger partial charge in [-0.2, -0.15) is 0 Å². The number of carbonyl (C=O) groups is 1. The van der Waals surface area contributed by atoms with Gasteiger partial charge in [0.15, 0.2) is 17.8 Å². The van der Waals surface area contributed by atoms with Gasteiger partial charge in [-0.15, -0.1) is 0 Å². The molecule has 1 spiro atoms. The van der Waals surface area contributed by atoms with Crippen LogP contribution in [0.3, 0.4) is 0 Å². The third-order valence-corrected chi connectivity index (χ3v) is 4.10. The summed E-state index contributed by atoms with van der Waals surface area (Å²) in [5.74, 6) is 1.42. The highest BCUT2D eigenvalue weighted by Gasteiger charge is 2.36. The molecule has 0 unspecified atom stereocenters. The molecule has 100 valence electrons. The van der Waals surface area contributed by atoms with E-state index in [1.807, 2.05) is 6.08 Å². The first-order chi connectivity index (χ1) is 9.28. The van der Waals surface area contributed by atoms with Gasteiger partial charge in [-0.3, -0.25) is 4.79 Å². The van der Waals surface area contributed by atoms with Gasteiger partial charge in [0.05, 0.1) is 7.11 Å². The number of methoxy groups -OCH3 is 1. The number of benzene rings is 1. The van der Waals surface area contributed by atoms with Gasteiger partial charge >= 0.3 is 0 Å². The molecule has 3 rings (SSSR count). The normalized spacial score (nSPS) is 19.6. The van der Waals surface area contributed by atoms with Gasteiger partial charge in [-0.25, -0.2) is 0 Å². The summed E-state index contributed by atoms with van der Waals surface area (Å²) in [6.45, 7) is 0. The van der Waals surface area contributed by atoms with Crippen LogP contribution in [0.4, 0.5) is 0 Å². The Labute approximate surface area is 113 Å². The van der Waals surface area contributed by atoms with Crippen LogP contribution in [-0.2, 0) is 0 Å². The van der Waals surface area contributed by atoms with Gasteiger partial charge < -0.3 is 9.47 Å². The molecule has 19 heavy (non-hydrogen) atoms. The van der Waals surface area contributed by atoms with Crippen LogP contribution in [-0.4, -0.2) is 19.0 Å². The van der Waals surface area contributed by atoms with E-state index in [1.54, 1.807) is 19.2 Å². The van der Waals surface area contributed by atoms with Crippen molar-refractivity contribution in [2.75, 3.05) is 7.11 Å². The number of fused-ring (bicyclic) bond motifs is 1. The Hall–Kier alpha value is -1.77. The van der Waals surface area contributed by atoms with Crippen molar-refractivity contribution in [3.63, 3.8) is 0 Å². The maximum Gasteiger partial charge on any atom is 0.170 e. The summed E-state index contributed by atoms with van der Waals surface area (Å²) < 4.78 is 11.6. The maximum atomic E-state index is 11.1. The highest BCUT2D eigenvalue weighted by atomic mass is 16.5. The summed E-state index contributed by atoms with van der Waals surface area (Å²) in [5.41, 5.74) is 1.29. The molecule has 1 heterocycles. The predicted octanol–water partition coefficient (Wildman–Crippen LogP) is 3.62. The van der Waals surface area contributed by atoms with Crippen LogP contribution in [0.15, 0.2) is 18.2 Å². The summed E-state index contributed by atoms with van der Waals surface area (Å²) in [4.78, 5) is 11.1. The Morgan fingerprint density at radius 3 is 2.74 bits per heavy atom. The van der Waals surface area contributed by atoms with Crippen LogP contribution in [0.1, 0.15) is 48.0 Å². The van der Waals surface area contributed by atoms with E-state index in [1.165, 1.54) is 19.3 Å². The maximum absolute atomic E-state index is 11.1. The largest absolute Gasteiger partial charge is 0.493 e. The van der Waals surface area contributed by atoms with Crippen molar-refractivity contribution in [1.29, 1.82) is 0 Å². The molecule has 1 fully saturated rings. The number of aldehydes is 1. The second kappa shape index (κ2) is 4.72. The molecule has 0 amide bonds. The van der Waals surface area contributed by atoms with Crippen LogP contribution in [0, 0.1) is 0 Å². The number of hydrogen-bond acceptors (Lipinski definition) is 3. The smallest absolute Gasteiger partial charge is 0.170 e. The van der Waals surface area contributed by atoms with Gasteiger partial charge in [-0.05, 0) is 43.9 Å². The molecule has 2 aliphatic rings. The average Bonchev–Trinajstić information content (AvgIpc) is 2.46. The summed E-state index contributed by atoms with van der Waals surface area (Å²) in [6, 6.07) is 3.58. The molecule has 1 aromatic rings. The molecule has 0 N–H and O–H groups in total. The van der Waals surface area contributed by atoms with E-state index in [9.17, 15) is 4.79 Å². The van der Waals surface area contributed by atoms with Crippen molar-refractivity contribution in [1.82, 2.24) is 0 Å². The van der Waals surface area contributed by atoms with E-state index in [0.29, 0.717) is 11.3 Å². The molecule has 1 saturated carbocycles.